The second-order valence-corrected chi connectivity index (χ2v) is 22.7. The highest BCUT2D eigenvalue weighted by atomic mass is 31.2. The Morgan fingerprint density at radius 2 is 0.817 bits per heavy atom. The van der Waals surface area contributed by atoms with Crippen LogP contribution < -0.4 is 4.89 Å². The molecule has 0 aromatic carbocycles. The maximum atomic E-state index is 12.8. The minimum absolute atomic E-state index is 0.0252. The van der Waals surface area contributed by atoms with Crippen LogP contribution in [0.25, 0.3) is 0 Å². The Morgan fingerprint density at radius 3 is 1.24 bits per heavy atom. The molecule has 2 atom stereocenters. The molecule has 71 heavy (non-hydrogen) atoms. The van der Waals surface area contributed by atoms with Crippen molar-refractivity contribution in [1.82, 2.24) is 0 Å². The molecule has 0 fully saturated rings. The fourth-order valence-electron chi connectivity index (χ4n) is 8.48. The Hall–Kier alpha value is -1.80. The standard InChI is InChI=1S/C62H116NO7P/c1-6-8-10-12-14-16-18-20-22-24-26-28-30-31-32-34-36-38-40-42-44-46-48-50-52-54-57-67-59-61(60-69-71(65,66)68-58-56-63(3,4)5)70-62(64)55-53-51-49-47-45-43-41-39-37-35-33-29-27-25-23-21-19-17-15-13-11-9-7-2/h8,10,14,16,20,22,25-28,61H,6-7,9,11-13,15,17-19,21,23-24,29-60H2,1-5H3/b10-8-,16-14-,22-20-,27-25-,28-26-. The lowest BCUT2D eigenvalue weighted by atomic mass is 10.0. The van der Waals surface area contributed by atoms with Gasteiger partial charge >= 0.3 is 5.97 Å². The molecule has 0 rings (SSSR count). The van der Waals surface area contributed by atoms with Gasteiger partial charge in [0.15, 0.2) is 0 Å². The molecule has 8 nitrogen and oxygen atoms in total. The molecule has 0 saturated heterocycles. The van der Waals surface area contributed by atoms with E-state index < -0.39 is 13.9 Å². The SMILES string of the molecule is CC/C=C\C/C=C\C/C=C\C/C=C\CCCCCCCCCCCCCCCOCC(COP(=O)([O-])OCC[N+](C)(C)C)OC(=O)CCCCCCCCCCCCC/C=C\CCCCCCCCCC. The Morgan fingerprint density at radius 1 is 0.451 bits per heavy atom. The van der Waals surface area contributed by atoms with Crippen LogP contribution in [0.2, 0.25) is 0 Å². The minimum Gasteiger partial charge on any atom is -0.756 e. The predicted octanol–water partition coefficient (Wildman–Crippen LogP) is 18.5. The lowest BCUT2D eigenvalue weighted by Gasteiger charge is -2.28. The molecule has 0 aliphatic carbocycles. The maximum Gasteiger partial charge on any atom is 0.306 e. The molecular formula is C62H116NO7P. The zero-order valence-electron chi connectivity index (χ0n) is 47.4. The first-order chi connectivity index (χ1) is 34.6. The third-order valence-electron chi connectivity index (χ3n) is 13.1. The Balaban J connectivity index is 4.04. The number of allylic oxidation sites excluding steroid dienone is 10. The number of hydrogen-bond acceptors (Lipinski definition) is 7. The van der Waals surface area contributed by atoms with Crippen molar-refractivity contribution in [3.63, 3.8) is 0 Å². The van der Waals surface area contributed by atoms with Crippen molar-refractivity contribution in [3.05, 3.63) is 60.8 Å². The second kappa shape index (κ2) is 54.5. The lowest BCUT2D eigenvalue weighted by molar-refractivity contribution is -0.870. The van der Waals surface area contributed by atoms with Crippen LogP contribution in [0.3, 0.4) is 0 Å². The molecule has 416 valence electrons. The van der Waals surface area contributed by atoms with Crippen molar-refractivity contribution in [3.8, 4) is 0 Å². The van der Waals surface area contributed by atoms with Crippen LogP contribution in [0.1, 0.15) is 271 Å². The number of carbonyl (C=O) groups excluding carboxylic acids is 1. The van der Waals surface area contributed by atoms with E-state index in [-0.39, 0.29) is 25.8 Å². The van der Waals surface area contributed by atoms with Gasteiger partial charge in [-0.25, -0.2) is 0 Å². The molecule has 0 spiro atoms. The molecule has 0 aromatic rings. The van der Waals surface area contributed by atoms with Crippen LogP contribution in [0.15, 0.2) is 60.8 Å². The largest absolute Gasteiger partial charge is 0.756 e. The van der Waals surface area contributed by atoms with E-state index in [1.54, 1.807) is 0 Å². The van der Waals surface area contributed by atoms with Crippen molar-refractivity contribution < 1.29 is 37.3 Å². The number of hydrogen-bond donors (Lipinski definition) is 0. The fourth-order valence-corrected chi connectivity index (χ4v) is 9.21. The van der Waals surface area contributed by atoms with E-state index in [4.69, 9.17) is 18.5 Å². The van der Waals surface area contributed by atoms with Gasteiger partial charge < -0.3 is 27.9 Å². The van der Waals surface area contributed by atoms with E-state index in [1.807, 2.05) is 21.1 Å². The van der Waals surface area contributed by atoms with Gasteiger partial charge in [0.05, 0.1) is 34.4 Å². The number of ether oxygens (including phenoxy) is 2. The Bertz CT molecular complexity index is 1320. The van der Waals surface area contributed by atoms with Crippen LogP contribution in [0.5, 0.6) is 0 Å². The van der Waals surface area contributed by atoms with Crippen LogP contribution in [0.4, 0.5) is 0 Å². The first-order valence-electron chi connectivity index (χ1n) is 30.0. The summed E-state index contributed by atoms with van der Waals surface area (Å²) < 4.78 is 34.9. The fraction of sp³-hybridized carbons (Fsp3) is 0.823. The molecule has 9 heteroatoms. The number of rotatable bonds is 56. The third kappa shape index (κ3) is 59.0. The van der Waals surface area contributed by atoms with Crippen LogP contribution >= 0.6 is 7.82 Å². The number of nitrogens with zero attached hydrogens (tertiary/aromatic N) is 1. The summed E-state index contributed by atoms with van der Waals surface area (Å²) in [7, 11) is 1.36. The molecule has 0 saturated carbocycles. The average molecular weight is 1020 g/mol. The van der Waals surface area contributed by atoms with Crippen LogP contribution in [-0.2, 0) is 27.9 Å². The van der Waals surface area contributed by atoms with E-state index in [0.717, 1.165) is 57.8 Å². The summed E-state index contributed by atoms with van der Waals surface area (Å²) in [6, 6.07) is 0. The molecule has 0 bridgehead atoms. The van der Waals surface area contributed by atoms with E-state index >= 15 is 0 Å². The van der Waals surface area contributed by atoms with Crippen LogP contribution in [0, 0.1) is 0 Å². The quantitative estimate of drug-likeness (QED) is 0.0197. The molecule has 2 unspecified atom stereocenters. The molecule has 0 aromatic heterocycles. The zero-order valence-corrected chi connectivity index (χ0v) is 48.3. The number of phosphoric acid groups is 1. The van der Waals surface area contributed by atoms with Crippen molar-refractivity contribution in [2.45, 2.75) is 277 Å². The van der Waals surface area contributed by atoms with E-state index in [9.17, 15) is 14.3 Å². The predicted molar refractivity (Wildman–Crippen MR) is 305 cm³/mol. The van der Waals surface area contributed by atoms with E-state index in [0.29, 0.717) is 24.1 Å². The molecule has 0 N–H and O–H groups in total. The van der Waals surface area contributed by atoms with Gasteiger partial charge in [-0.1, -0.05) is 248 Å². The maximum absolute atomic E-state index is 12.8. The summed E-state index contributed by atoms with van der Waals surface area (Å²) in [6.07, 6.45) is 71.2. The number of likely N-dealkylation sites (N-methyl/N-ethyl adjacent to an activating group) is 1. The van der Waals surface area contributed by atoms with Gasteiger partial charge in [-0.3, -0.25) is 9.36 Å². The Labute approximate surface area is 440 Å². The van der Waals surface area contributed by atoms with Crippen molar-refractivity contribution in [2.75, 3.05) is 54.1 Å². The van der Waals surface area contributed by atoms with Gasteiger partial charge in [-0.2, -0.15) is 0 Å². The first-order valence-corrected chi connectivity index (χ1v) is 31.5. The summed E-state index contributed by atoms with van der Waals surface area (Å²) in [5.74, 6) is -0.332. The molecule has 0 radical (unpaired) electrons. The smallest absolute Gasteiger partial charge is 0.306 e. The van der Waals surface area contributed by atoms with Crippen molar-refractivity contribution in [2.24, 2.45) is 0 Å². The topological polar surface area (TPSA) is 94.1 Å². The van der Waals surface area contributed by atoms with Crippen molar-refractivity contribution >= 4 is 13.8 Å². The monoisotopic (exact) mass is 1020 g/mol. The molecule has 0 aliphatic rings. The van der Waals surface area contributed by atoms with E-state index in [1.165, 1.54) is 193 Å². The highest BCUT2D eigenvalue weighted by molar-refractivity contribution is 7.45. The van der Waals surface area contributed by atoms with Crippen molar-refractivity contribution in [1.29, 1.82) is 0 Å². The summed E-state index contributed by atoms with van der Waals surface area (Å²) in [6.45, 7) is 5.34. The summed E-state index contributed by atoms with van der Waals surface area (Å²) >= 11 is 0. The Kier molecular flexibility index (Phi) is 53.1. The lowest BCUT2D eigenvalue weighted by Crippen LogP contribution is -2.37. The number of phosphoric ester groups is 1. The highest BCUT2D eigenvalue weighted by Crippen LogP contribution is 2.38. The average Bonchev–Trinajstić information content (AvgIpc) is 3.33. The second-order valence-electron chi connectivity index (χ2n) is 21.3. The minimum atomic E-state index is -4.54. The third-order valence-corrected chi connectivity index (χ3v) is 14.0. The number of quaternary nitrogens is 1. The number of unbranched alkanes of at least 4 members (excludes halogenated alkanes) is 32. The number of carbonyl (C=O) groups is 1. The highest BCUT2D eigenvalue weighted by Gasteiger charge is 2.20. The van der Waals surface area contributed by atoms with Gasteiger partial charge in [0, 0.05) is 13.0 Å². The van der Waals surface area contributed by atoms with Gasteiger partial charge in [0.25, 0.3) is 7.82 Å². The summed E-state index contributed by atoms with van der Waals surface area (Å²) in [5, 5.41) is 0. The molecule has 0 amide bonds. The molecule has 0 aliphatic heterocycles. The van der Waals surface area contributed by atoms with E-state index in [2.05, 4.69) is 74.6 Å². The van der Waals surface area contributed by atoms with Gasteiger partial charge in [0.1, 0.15) is 19.3 Å². The normalized spacial score (nSPS) is 13.8. The molecule has 0 heterocycles. The zero-order chi connectivity index (χ0) is 51.9. The summed E-state index contributed by atoms with van der Waals surface area (Å²) in [5.41, 5.74) is 0. The van der Waals surface area contributed by atoms with Gasteiger partial charge in [-0.05, 0) is 77.0 Å². The molecular weight excluding hydrogens is 902 g/mol. The summed E-state index contributed by atoms with van der Waals surface area (Å²) in [4.78, 5) is 25.3. The number of esters is 1. The first kappa shape index (κ1) is 69.2. The van der Waals surface area contributed by atoms with Crippen LogP contribution in [-0.4, -0.2) is 70.7 Å². The van der Waals surface area contributed by atoms with Gasteiger partial charge in [0.2, 0.25) is 0 Å². The van der Waals surface area contributed by atoms with Gasteiger partial charge in [-0.15, -0.1) is 0 Å².